The van der Waals surface area contributed by atoms with Crippen molar-refractivity contribution in [1.29, 1.82) is 0 Å². The molecule has 2 heterocycles. The second-order valence-electron chi connectivity index (χ2n) is 3.85. The zero-order valence-corrected chi connectivity index (χ0v) is 11.6. The fourth-order valence-electron chi connectivity index (χ4n) is 1.59. The Morgan fingerprint density at radius 1 is 1.63 bits per heavy atom. The van der Waals surface area contributed by atoms with Gasteiger partial charge in [0.25, 0.3) is 5.91 Å². The molecule has 1 amide bonds. The number of aromatic nitrogens is 2. The SMILES string of the molecule is Cc1sc(C(=O)NN)cc1Cn1cc(Cl)cnc1=O. The molecule has 0 saturated heterocycles. The van der Waals surface area contributed by atoms with E-state index in [1.807, 2.05) is 6.92 Å². The first-order valence-electron chi connectivity index (χ1n) is 5.33. The number of nitrogen functional groups attached to an aromatic ring is 1. The molecule has 0 atom stereocenters. The van der Waals surface area contributed by atoms with Gasteiger partial charge >= 0.3 is 5.69 Å². The molecule has 100 valence electrons. The van der Waals surface area contributed by atoms with Gasteiger partial charge in [-0.05, 0) is 18.6 Å². The lowest BCUT2D eigenvalue weighted by molar-refractivity contribution is 0.0957. The molecule has 0 aromatic carbocycles. The molecule has 0 spiro atoms. The predicted molar refractivity (Wildman–Crippen MR) is 73.3 cm³/mol. The molecule has 8 heteroatoms. The number of halogens is 1. The standard InChI is InChI=1S/C11H11ClN4O2S/c1-6-7(2-9(19-6)10(17)15-13)4-16-5-8(12)3-14-11(16)18/h2-3,5H,4,13H2,1H3,(H,15,17). The van der Waals surface area contributed by atoms with E-state index in [1.165, 1.54) is 28.3 Å². The number of thiophene rings is 1. The largest absolute Gasteiger partial charge is 0.347 e. The van der Waals surface area contributed by atoms with Crippen LogP contribution in [0.4, 0.5) is 0 Å². The van der Waals surface area contributed by atoms with E-state index in [4.69, 9.17) is 17.4 Å². The summed E-state index contributed by atoms with van der Waals surface area (Å²) in [6.07, 6.45) is 2.81. The number of amides is 1. The Labute approximate surface area is 117 Å². The van der Waals surface area contributed by atoms with Crippen LogP contribution in [0.2, 0.25) is 5.02 Å². The minimum absolute atomic E-state index is 0.312. The van der Waals surface area contributed by atoms with Crippen LogP contribution in [-0.4, -0.2) is 15.5 Å². The van der Waals surface area contributed by atoms with E-state index in [0.29, 0.717) is 16.4 Å². The van der Waals surface area contributed by atoms with Gasteiger partial charge in [-0.1, -0.05) is 11.6 Å². The number of hydrogen-bond acceptors (Lipinski definition) is 5. The fraction of sp³-hybridized carbons (Fsp3) is 0.182. The summed E-state index contributed by atoms with van der Waals surface area (Å²) >= 11 is 7.12. The molecule has 0 fully saturated rings. The van der Waals surface area contributed by atoms with E-state index in [-0.39, 0.29) is 11.6 Å². The smallest absolute Gasteiger partial charge is 0.293 e. The Hall–Kier alpha value is -1.70. The lowest BCUT2D eigenvalue weighted by Crippen LogP contribution is -2.29. The Balaban J connectivity index is 2.33. The quantitative estimate of drug-likeness (QED) is 0.501. The zero-order valence-electron chi connectivity index (χ0n) is 10.0. The molecular weight excluding hydrogens is 288 g/mol. The molecule has 0 saturated carbocycles. The summed E-state index contributed by atoms with van der Waals surface area (Å²) < 4.78 is 1.39. The van der Waals surface area contributed by atoms with Crippen LogP contribution in [0.25, 0.3) is 0 Å². The zero-order chi connectivity index (χ0) is 14.0. The van der Waals surface area contributed by atoms with Gasteiger partial charge in [0, 0.05) is 11.1 Å². The first-order valence-corrected chi connectivity index (χ1v) is 6.53. The number of nitrogens with two attached hydrogens (primary N) is 1. The minimum atomic E-state index is -0.389. The molecule has 2 aromatic heterocycles. The molecule has 0 aliphatic heterocycles. The van der Waals surface area contributed by atoms with Gasteiger partial charge in [-0.25, -0.2) is 15.6 Å². The first kappa shape index (κ1) is 13.7. The number of nitrogens with one attached hydrogen (secondary N) is 1. The maximum absolute atomic E-state index is 11.6. The van der Waals surface area contributed by atoms with E-state index in [2.05, 4.69) is 10.4 Å². The van der Waals surface area contributed by atoms with Gasteiger partial charge in [-0.2, -0.15) is 0 Å². The van der Waals surface area contributed by atoms with E-state index >= 15 is 0 Å². The molecule has 0 aliphatic rings. The van der Waals surface area contributed by atoms with Gasteiger partial charge in [-0.3, -0.25) is 14.8 Å². The van der Waals surface area contributed by atoms with Crippen molar-refractivity contribution in [2.24, 2.45) is 5.84 Å². The molecule has 0 bridgehead atoms. The van der Waals surface area contributed by atoms with Crippen LogP contribution in [-0.2, 0) is 6.54 Å². The van der Waals surface area contributed by atoms with Crippen LogP contribution in [0.15, 0.2) is 23.3 Å². The summed E-state index contributed by atoms with van der Waals surface area (Å²) in [6.45, 7) is 2.18. The van der Waals surface area contributed by atoms with Crippen LogP contribution in [0.1, 0.15) is 20.1 Å². The highest BCUT2D eigenvalue weighted by Gasteiger charge is 2.12. The van der Waals surface area contributed by atoms with Crippen LogP contribution in [0.3, 0.4) is 0 Å². The topological polar surface area (TPSA) is 90.0 Å². The van der Waals surface area contributed by atoms with E-state index in [9.17, 15) is 9.59 Å². The number of hydrogen-bond donors (Lipinski definition) is 2. The van der Waals surface area contributed by atoms with E-state index in [1.54, 1.807) is 6.07 Å². The van der Waals surface area contributed by atoms with Crippen molar-refractivity contribution in [2.45, 2.75) is 13.5 Å². The number of carbonyl (C=O) groups excluding carboxylic acids is 1. The number of nitrogens with zero attached hydrogens (tertiary/aromatic N) is 2. The van der Waals surface area contributed by atoms with Crippen LogP contribution in [0.5, 0.6) is 0 Å². The average molecular weight is 299 g/mol. The molecule has 6 nitrogen and oxygen atoms in total. The Morgan fingerprint density at radius 2 is 2.37 bits per heavy atom. The molecule has 3 N–H and O–H groups in total. The molecule has 0 unspecified atom stereocenters. The average Bonchev–Trinajstić information content (AvgIpc) is 2.74. The molecule has 0 aliphatic carbocycles. The van der Waals surface area contributed by atoms with Crippen molar-refractivity contribution in [1.82, 2.24) is 15.0 Å². The summed E-state index contributed by atoms with van der Waals surface area (Å²) in [7, 11) is 0. The van der Waals surface area contributed by atoms with Crippen molar-refractivity contribution in [2.75, 3.05) is 0 Å². The highest BCUT2D eigenvalue weighted by molar-refractivity contribution is 7.14. The number of rotatable bonds is 3. The maximum Gasteiger partial charge on any atom is 0.347 e. The highest BCUT2D eigenvalue weighted by Crippen LogP contribution is 2.22. The predicted octanol–water partition coefficient (Wildman–Crippen LogP) is 0.918. The van der Waals surface area contributed by atoms with Crippen molar-refractivity contribution >= 4 is 28.8 Å². The van der Waals surface area contributed by atoms with Gasteiger partial charge in [0.15, 0.2) is 0 Å². The van der Waals surface area contributed by atoms with Gasteiger partial charge in [0.05, 0.1) is 22.6 Å². The molecule has 2 aromatic rings. The van der Waals surface area contributed by atoms with Crippen molar-refractivity contribution in [3.63, 3.8) is 0 Å². The summed E-state index contributed by atoms with van der Waals surface area (Å²) in [5.41, 5.74) is 2.54. The Kier molecular flexibility index (Phi) is 3.98. The lowest BCUT2D eigenvalue weighted by atomic mass is 10.2. The third-order valence-electron chi connectivity index (χ3n) is 2.54. The monoisotopic (exact) mass is 298 g/mol. The minimum Gasteiger partial charge on any atom is -0.293 e. The van der Waals surface area contributed by atoms with Crippen molar-refractivity contribution in [3.05, 3.63) is 49.3 Å². The summed E-state index contributed by atoms with van der Waals surface area (Å²) in [4.78, 5) is 28.1. The van der Waals surface area contributed by atoms with Crippen LogP contribution < -0.4 is 17.0 Å². The van der Waals surface area contributed by atoms with Crippen molar-refractivity contribution < 1.29 is 4.79 Å². The second-order valence-corrected chi connectivity index (χ2v) is 5.54. The van der Waals surface area contributed by atoms with Gasteiger partial charge in [-0.15, -0.1) is 11.3 Å². The normalized spacial score (nSPS) is 10.5. The first-order chi connectivity index (χ1) is 9.01. The third kappa shape index (κ3) is 3.01. The van der Waals surface area contributed by atoms with Crippen molar-refractivity contribution in [3.8, 4) is 0 Å². The van der Waals surface area contributed by atoms with Gasteiger partial charge in [0.2, 0.25) is 0 Å². The molecule has 0 radical (unpaired) electrons. The summed E-state index contributed by atoms with van der Waals surface area (Å²) in [5.74, 6) is 4.73. The highest BCUT2D eigenvalue weighted by atomic mass is 35.5. The van der Waals surface area contributed by atoms with E-state index < -0.39 is 0 Å². The maximum atomic E-state index is 11.6. The Morgan fingerprint density at radius 3 is 3.05 bits per heavy atom. The van der Waals surface area contributed by atoms with Gasteiger partial charge < -0.3 is 0 Å². The van der Waals surface area contributed by atoms with Crippen LogP contribution in [0, 0.1) is 6.92 Å². The van der Waals surface area contributed by atoms with E-state index in [0.717, 1.165) is 10.4 Å². The molecular formula is C11H11ClN4O2S. The van der Waals surface area contributed by atoms with Crippen LogP contribution >= 0.6 is 22.9 Å². The summed E-state index contributed by atoms with van der Waals surface area (Å²) in [6, 6.07) is 1.70. The number of hydrazine groups is 1. The summed E-state index contributed by atoms with van der Waals surface area (Å²) in [5, 5.41) is 0.382. The molecule has 19 heavy (non-hydrogen) atoms. The molecule has 2 rings (SSSR count). The third-order valence-corrected chi connectivity index (χ3v) is 3.83. The fourth-order valence-corrected chi connectivity index (χ4v) is 2.69. The number of carbonyl (C=O) groups is 1. The second kappa shape index (κ2) is 5.52. The lowest BCUT2D eigenvalue weighted by Gasteiger charge is -2.04. The van der Waals surface area contributed by atoms with Gasteiger partial charge in [0.1, 0.15) is 0 Å². The Bertz CT molecular complexity index is 680. The number of aryl methyl sites for hydroxylation is 1.